The minimum absolute atomic E-state index is 0.168. The monoisotopic (exact) mass is 252 g/mol. The molecule has 0 aromatic carbocycles. The first kappa shape index (κ1) is 14.7. The van der Waals surface area contributed by atoms with Gasteiger partial charge in [-0.25, -0.2) is 0 Å². The van der Waals surface area contributed by atoms with Crippen molar-refractivity contribution in [1.29, 1.82) is 0 Å². The molecular formula is C14H24N2O2. The molecule has 0 N–H and O–H groups in total. The Balaban J connectivity index is 2.57. The van der Waals surface area contributed by atoms with Gasteiger partial charge in [-0.1, -0.05) is 13.8 Å². The third-order valence-electron chi connectivity index (χ3n) is 2.59. The predicted octanol–water partition coefficient (Wildman–Crippen LogP) is 2.74. The van der Waals surface area contributed by atoms with Crippen LogP contribution in [0.15, 0.2) is 6.07 Å². The molecule has 4 nitrogen and oxygen atoms in total. The van der Waals surface area contributed by atoms with E-state index in [0.717, 1.165) is 18.5 Å². The molecule has 0 bridgehead atoms. The summed E-state index contributed by atoms with van der Waals surface area (Å²) in [5.74, 6) is -0.168. The first-order valence-corrected chi connectivity index (χ1v) is 6.63. The van der Waals surface area contributed by atoms with Crippen molar-refractivity contribution in [3.63, 3.8) is 0 Å². The SMILES string of the molecule is CCc1cc(CC)n(CCC(=O)OC(C)(C)C)n1. The summed E-state index contributed by atoms with van der Waals surface area (Å²) in [7, 11) is 0. The van der Waals surface area contributed by atoms with Crippen LogP contribution in [0.3, 0.4) is 0 Å². The van der Waals surface area contributed by atoms with E-state index in [1.165, 1.54) is 5.69 Å². The topological polar surface area (TPSA) is 44.1 Å². The number of carbonyl (C=O) groups excluding carboxylic acids is 1. The first-order chi connectivity index (χ1) is 8.35. The number of aromatic nitrogens is 2. The van der Waals surface area contributed by atoms with Gasteiger partial charge < -0.3 is 4.74 Å². The zero-order valence-electron chi connectivity index (χ0n) is 12.1. The minimum Gasteiger partial charge on any atom is -0.460 e. The van der Waals surface area contributed by atoms with E-state index >= 15 is 0 Å². The lowest BCUT2D eigenvalue weighted by atomic mass is 10.2. The summed E-state index contributed by atoms with van der Waals surface area (Å²) in [6.07, 6.45) is 2.23. The number of rotatable bonds is 5. The van der Waals surface area contributed by atoms with Gasteiger partial charge in [-0.05, 0) is 39.7 Å². The average molecular weight is 252 g/mol. The summed E-state index contributed by atoms with van der Waals surface area (Å²) < 4.78 is 7.21. The molecule has 0 saturated carbocycles. The summed E-state index contributed by atoms with van der Waals surface area (Å²) >= 11 is 0. The van der Waals surface area contributed by atoms with Crippen LogP contribution in [0.5, 0.6) is 0 Å². The lowest BCUT2D eigenvalue weighted by Crippen LogP contribution is -2.24. The molecule has 0 atom stereocenters. The Labute approximate surface area is 109 Å². The van der Waals surface area contributed by atoms with Crippen LogP contribution in [-0.4, -0.2) is 21.4 Å². The van der Waals surface area contributed by atoms with E-state index in [1.54, 1.807) is 0 Å². The van der Waals surface area contributed by atoms with E-state index in [-0.39, 0.29) is 5.97 Å². The van der Waals surface area contributed by atoms with Crippen LogP contribution in [-0.2, 0) is 28.9 Å². The molecule has 4 heteroatoms. The fourth-order valence-corrected chi connectivity index (χ4v) is 1.76. The van der Waals surface area contributed by atoms with Gasteiger partial charge >= 0.3 is 5.97 Å². The Hall–Kier alpha value is -1.32. The number of aryl methyl sites for hydroxylation is 3. The van der Waals surface area contributed by atoms with Crippen molar-refractivity contribution in [2.75, 3.05) is 0 Å². The van der Waals surface area contributed by atoms with E-state index < -0.39 is 5.60 Å². The molecule has 1 heterocycles. The Morgan fingerprint density at radius 3 is 2.50 bits per heavy atom. The van der Waals surface area contributed by atoms with Crippen molar-refractivity contribution in [2.45, 2.75) is 66.0 Å². The van der Waals surface area contributed by atoms with Gasteiger partial charge in [0.25, 0.3) is 0 Å². The number of ether oxygens (including phenoxy) is 1. The lowest BCUT2D eigenvalue weighted by molar-refractivity contribution is -0.155. The molecule has 0 unspecified atom stereocenters. The van der Waals surface area contributed by atoms with E-state index in [1.807, 2.05) is 25.5 Å². The van der Waals surface area contributed by atoms with Gasteiger partial charge in [0.15, 0.2) is 0 Å². The summed E-state index contributed by atoms with van der Waals surface area (Å²) in [6.45, 7) is 10.4. The maximum Gasteiger partial charge on any atom is 0.308 e. The van der Waals surface area contributed by atoms with Crippen LogP contribution < -0.4 is 0 Å². The molecule has 0 fully saturated rings. The summed E-state index contributed by atoms with van der Waals surface area (Å²) in [4.78, 5) is 11.6. The fraction of sp³-hybridized carbons (Fsp3) is 0.714. The molecule has 18 heavy (non-hydrogen) atoms. The predicted molar refractivity (Wildman–Crippen MR) is 71.4 cm³/mol. The Kier molecular flexibility index (Phi) is 4.93. The molecule has 0 aliphatic heterocycles. The van der Waals surface area contributed by atoms with Gasteiger partial charge in [0.2, 0.25) is 0 Å². The van der Waals surface area contributed by atoms with Crippen LogP contribution in [0.4, 0.5) is 0 Å². The number of hydrogen-bond donors (Lipinski definition) is 0. The van der Waals surface area contributed by atoms with Crippen molar-refractivity contribution in [3.8, 4) is 0 Å². The van der Waals surface area contributed by atoms with Crippen LogP contribution in [0.2, 0.25) is 0 Å². The second kappa shape index (κ2) is 6.03. The van der Waals surface area contributed by atoms with Crippen molar-refractivity contribution in [1.82, 2.24) is 9.78 Å². The molecule has 1 aromatic rings. The smallest absolute Gasteiger partial charge is 0.308 e. The largest absolute Gasteiger partial charge is 0.460 e. The van der Waals surface area contributed by atoms with Crippen molar-refractivity contribution >= 4 is 5.97 Å². The molecule has 0 amide bonds. The Morgan fingerprint density at radius 1 is 1.33 bits per heavy atom. The molecular weight excluding hydrogens is 228 g/mol. The number of hydrogen-bond acceptors (Lipinski definition) is 3. The Bertz CT molecular complexity index is 402. The number of carbonyl (C=O) groups is 1. The molecule has 102 valence electrons. The second-order valence-corrected chi connectivity index (χ2v) is 5.39. The number of esters is 1. The highest BCUT2D eigenvalue weighted by Crippen LogP contribution is 2.11. The third kappa shape index (κ3) is 4.51. The maximum absolute atomic E-state index is 11.6. The first-order valence-electron chi connectivity index (χ1n) is 6.63. The molecule has 1 aromatic heterocycles. The van der Waals surface area contributed by atoms with E-state index in [0.29, 0.717) is 13.0 Å². The summed E-state index contributed by atoms with van der Waals surface area (Å²) in [6, 6.07) is 2.11. The van der Waals surface area contributed by atoms with Gasteiger partial charge in [0.1, 0.15) is 5.60 Å². The zero-order valence-corrected chi connectivity index (χ0v) is 12.1. The van der Waals surface area contributed by atoms with Gasteiger partial charge in [0.05, 0.1) is 18.7 Å². The Morgan fingerprint density at radius 2 is 2.00 bits per heavy atom. The van der Waals surface area contributed by atoms with Crippen LogP contribution in [0.1, 0.15) is 52.4 Å². The molecule has 0 aliphatic carbocycles. The molecule has 0 saturated heterocycles. The second-order valence-electron chi connectivity index (χ2n) is 5.39. The standard InChI is InChI=1S/C14H24N2O2/c1-6-11-10-12(7-2)16(15-11)9-8-13(17)18-14(3,4)5/h10H,6-9H2,1-5H3. The maximum atomic E-state index is 11.6. The highest BCUT2D eigenvalue weighted by molar-refractivity contribution is 5.69. The summed E-state index contributed by atoms with van der Waals surface area (Å²) in [5, 5.41) is 4.48. The van der Waals surface area contributed by atoms with Crippen molar-refractivity contribution in [2.24, 2.45) is 0 Å². The quantitative estimate of drug-likeness (QED) is 0.757. The van der Waals surface area contributed by atoms with Crippen molar-refractivity contribution < 1.29 is 9.53 Å². The van der Waals surface area contributed by atoms with Gasteiger partial charge in [-0.2, -0.15) is 5.10 Å². The molecule has 0 spiro atoms. The van der Waals surface area contributed by atoms with E-state index in [2.05, 4.69) is 25.0 Å². The average Bonchev–Trinajstić information content (AvgIpc) is 2.66. The fourth-order valence-electron chi connectivity index (χ4n) is 1.76. The normalized spacial score (nSPS) is 11.6. The molecule has 0 radical (unpaired) electrons. The number of nitrogens with zero attached hydrogens (tertiary/aromatic N) is 2. The van der Waals surface area contributed by atoms with Crippen LogP contribution in [0.25, 0.3) is 0 Å². The van der Waals surface area contributed by atoms with E-state index in [9.17, 15) is 4.79 Å². The molecule has 0 aliphatic rings. The highest BCUT2D eigenvalue weighted by atomic mass is 16.6. The van der Waals surface area contributed by atoms with Crippen LogP contribution >= 0.6 is 0 Å². The highest BCUT2D eigenvalue weighted by Gasteiger charge is 2.16. The van der Waals surface area contributed by atoms with Crippen molar-refractivity contribution in [3.05, 3.63) is 17.5 Å². The van der Waals surface area contributed by atoms with Gasteiger partial charge in [0, 0.05) is 5.69 Å². The minimum atomic E-state index is -0.413. The summed E-state index contributed by atoms with van der Waals surface area (Å²) in [5.41, 5.74) is 1.84. The molecule has 1 rings (SSSR count). The van der Waals surface area contributed by atoms with Gasteiger partial charge in [-0.15, -0.1) is 0 Å². The van der Waals surface area contributed by atoms with E-state index in [4.69, 9.17) is 4.74 Å². The third-order valence-corrected chi connectivity index (χ3v) is 2.59. The zero-order chi connectivity index (χ0) is 13.8. The lowest BCUT2D eigenvalue weighted by Gasteiger charge is -2.19. The van der Waals surface area contributed by atoms with Crippen LogP contribution in [0, 0.1) is 0 Å². The van der Waals surface area contributed by atoms with Gasteiger partial charge in [-0.3, -0.25) is 9.48 Å².